The van der Waals surface area contributed by atoms with E-state index in [9.17, 15) is 10.1 Å². The van der Waals surface area contributed by atoms with Crippen LogP contribution >= 0.6 is 0 Å². The average Bonchev–Trinajstić information content (AvgIpc) is 2.20. The summed E-state index contributed by atoms with van der Waals surface area (Å²) in [5, 5.41) is 19.2. The van der Waals surface area contributed by atoms with Gasteiger partial charge in [0.15, 0.2) is 0 Å². The fraction of sp³-hybridized carbons (Fsp3) is 0.778. The first-order chi connectivity index (χ1) is 6.21. The van der Waals surface area contributed by atoms with Crippen LogP contribution in [0.25, 0.3) is 0 Å². The summed E-state index contributed by atoms with van der Waals surface area (Å²) in [5.41, 5.74) is -1.15. The quantitative estimate of drug-likeness (QED) is 0.502. The van der Waals surface area contributed by atoms with Crippen LogP contribution in [0.2, 0.25) is 0 Å². The van der Waals surface area contributed by atoms with E-state index < -0.39 is 24.6 Å². The van der Waals surface area contributed by atoms with Crippen LogP contribution in [-0.4, -0.2) is 34.8 Å². The smallest absolute Gasteiger partial charge is 0.402 e. The minimum atomic E-state index is -1.29. The first kappa shape index (κ1) is 11.7. The predicted octanol–water partition coefficient (Wildman–Crippen LogP) is 0.485. The Morgan fingerprint density at radius 3 is 2.14 bits per heavy atom. The second kappa shape index (κ2) is 3.34. The highest BCUT2D eigenvalue weighted by Crippen LogP contribution is 2.40. The lowest BCUT2D eigenvalue weighted by Gasteiger charge is -2.40. The highest BCUT2D eigenvalue weighted by atomic mass is 16.7. The molecule has 2 unspecified atom stereocenters. The van der Waals surface area contributed by atoms with Crippen LogP contribution in [0.1, 0.15) is 27.7 Å². The summed E-state index contributed by atoms with van der Waals surface area (Å²) in [7, 11) is -1.29. The Labute approximate surface area is 84.7 Å². The fourth-order valence-electron chi connectivity index (χ4n) is 1.61. The second-order valence-electron chi connectivity index (χ2n) is 4.41. The van der Waals surface area contributed by atoms with Gasteiger partial charge in [0.25, 0.3) is 0 Å². The molecule has 0 aromatic heterocycles. The van der Waals surface area contributed by atoms with Gasteiger partial charge in [0, 0.05) is 0 Å². The molecule has 1 aliphatic rings. The molecule has 4 nitrogen and oxygen atoms in total. The molecule has 0 radical (unpaired) electrons. The third kappa shape index (κ3) is 1.61. The van der Waals surface area contributed by atoms with Gasteiger partial charge in [0.2, 0.25) is 0 Å². The molecule has 0 spiro atoms. The van der Waals surface area contributed by atoms with Crippen molar-refractivity contribution in [2.24, 2.45) is 0 Å². The van der Waals surface area contributed by atoms with Crippen LogP contribution in [0, 0.1) is 0 Å². The van der Waals surface area contributed by atoms with E-state index >= 15 is 0 Å². The van der Waals surface area contributed by atoms with Crippen molar-refractivity contribution in [2.75, 3.05) is 0 Å². The summed E-state index contributed by atoms with van der Waals surface area (Å²) < 4.78 is 10.4. The van der Waals surface area contributed by atoms with Gasteiger partial charge in [-0.2, -0.15) is 0 Å². The molecule has 0 aliphatic carbocycles. The molecule has 2 atom stereocenters. The van der Waals surface area contributed by atoms with Crippen molar-refractivity contribution >= 4 is 7.32 Å². The van der Waals surface area contributed by atoms with Crippen molar-refractivity contribution < 1.29 is 19.4 Å². The molecule has 80 valence electrons. The predicted molar refractivity (Wildman–Crippen MR) is 53.4 cm³/mol. The van der Waals surface area contributed by atoms with Gasteiger partial charge in [-0.1, -0.05) is 6.58 Å². The summed E-state index contributed by atoms with van der Waals surface area (Å²) in [5.74, 6) is 0. The van der Waals surface area contributed by atoms with E-state index in [1.165, 1.54) is 0 Å². The van der Waals surface area contributed by atoms with Gasteiger partial charge in [-0.3, -0.25) is 0 Å². The zero-order chi connectivity index (χ0) is 11.1. The Bertz CT molecular complexity index is 253. The number of aliphatic hydroxyl groups is 1. The number of hydrogen-bond donors (Lipinski definition) is 2. The maximum atomic E-state index is 9.92. The Morgan fingerprint density at radius 2 is 1.86 bits per heavy atom. The highest BCUT2D eigenvalue weighted by Gasteiger charge is 2.58. The van der Waals surface area contributed by atoms with Crippen LogP contribution in [0.3, 0.4) is 0 Å². The molecule has 14 heavy (non-hydrogen) atoms. The largest absolute Gasteiger partial charge is 0.637 e. The Hall–Kier alpha value is -0.355. The number of aliphatic hydroxyl groups excluding tert-OH is 1. The molecule has 0 aromatic rings. The maximum absolute atomic E-state index is 9.92. The van der Waals surface area contributed by atoms with E-state index in [2.05, 4.69) is 6.58 Å². The fourth-order valence-corrected chi connectivity index (χ4v) is 1.61. The number of rotatable bonds is 2. The molecule has 1 saturated heterocycles. The molecular weight excluding hydrogens is 183 g/mol. The van der Waals surface area contributed by atoms with Gasteiger partial charge in [-0.25, -0.2) is 0 Å². The van der Waals surface area contributed by atoms with E-state index in [1.807, 2.05) is 0 Å². The van der Waals surface area contributed by atoms with Crippen molar-refractivity contribution in [2.45, 2.75) is 45.0 Å². The topological polar surface area (TPSA) is 58.9 Å². The van der Waals surface area contributed by atoms with Gasteiger partial charge in [-0.15, -0.1) is 0 Å². The van der Waals surface area contributed by atoms with Crippen LogP contribution in [0.15, 0.2) is 12.2 Å². The molecule has 0 aromatic carbocycles. The Kier molecular flexibility index (Phi) is 2.80. The van der Waals surface area contributed by atoms with Gasteiger partial charge >= 0.3 is 7.32 Å². The summed E-state index contributed by atoms with van der Waals surface area (Å²) >= 11 is 0. The first-order valence-electron chi connectivity index (χ1n) is 4.58. The molecule has 0 saturated carbocycles. The lowest BCUT2D eigenvalue weighted by molar-refractivity contribution is -0.0824. The molecule has 2 N–H and O–H groups in total. The molecule has 0 amide bonds. The standard InChI is InChI=1S/C9H17BO4/c1-6(2)7(11)9(5)8(3,4)13-10(12)14-9/h7,11-12H,1H2,2-5H3. The monoisotopic (exact) mass is 200 g/mol. The third-order valence-corrected chi connectivity index (χ3v) is 2.93. The molecule has 1 heterocycles. The minimum absolute atomic E-state index is 0.582. The van der Waals surface area contributed by atoms with Crippen molar-refractivity contribution in [1.29, 1.82) is 0 Å². The van der Waals surface area contributed by atoms with E-state index in [4.69, 9.17) is 9.31 Å². The second-order valence-corrected chi connectivity index (χ2v) is 4.41. The Morgan fingerprint density at radius 1 is 1.36 bits per heavy atom. The summed E-state index contributed by atoms with van der Waals surface area (Å²) in [6, 6.07) is 0. The van der Waals surface area contributed by atoms with Gasteiger partial charge in [0.05, 0.1) is 5.60 Å². The van der Waals surface area contributed by atoms with E-state index in [1.54, 1.807) is 27.7 Å². The van der Waals surface area contributed by atoms with Crippen LogP contribution in [0.5, 0.6) is 0 Å². The molecular formula is C9H17BO4. The lowest BCUT2D eigenvalue weighted by Crippen LogP contribution is -2.54. The van der Waals surface area contributed by atoms with E-state index in [-0.39, 0.29) is 0 Å². The third-order valence-electron chi connectivity index (χ3n) is 2.93. The van der Waals surface area contributed by atoms with Gasteiger partial charge < -0.3 is 19.4 Å². The zero-order valence-electron chi connectivity index (χ0n) is 9.07. The minimum Gasteiger partial charge on any atom is -0.402 e. The van der Waals surface area contributed by atoms with Crippen LogP contribution in [0.4, 0.5) is 0 Å². The van der Waals surface area contributed by atoms with E-state index in [0.717, 1.165) is 0 Å². The van der Waals surface area contributed by atoms with Crippen molar-refractivity contribution in [3.8, 4) is 0 Å². The summed E-state index contributed by atoms with van der Waals surface area (Å²) in [4.78, 5) is 0. The van der Waals surface area contributed by atoms with Crippen molar-refractivity contribution in [1.82, 2.24) is 0 Å². The SMILES string of the molecule is C=C(C)C(O)C1(C)OB(O)OC1(C)C. The first-order valence-corrected chi connectivity index (χ1v) is 4.58. The van der Waals surface area contributed by atoms with E-state index in [0.29, 0.717) is 5.57 Å². The lowest BCUT2D eigenvalue weighted by atomic mass is 9.80. The maximum Gasteiger partial charge on any atom is 0.637 e. The molecule has 1 fully saturated rings. The van der Waals surface area contributed by atoms with Crippen molar-refractivity contribution in [3.63, 3.8) is 0 Å². The highest BCUT2D eigenvalue weighted by molar-refractivity contribution is 6.35. The van der Waals surface area contributed by atoms with Gasteiger partial charge in [0.1, 0.15) is 11.7 Å². The summed E-state index contributed by atoms with van der Waals surface area (Å²) in [6.07, 6.45) is -0.866. The molecule has 0 bridgehead atoms. The van der Waals surface area contributed by atoms with Gasteiger partial charge in [-0.05, 0) is 33.3 Å². The van der Waals surface area contributed by atoms with Crippen LogP contribution < -0.4 is 0 Å². The average molecular weight is 200 g/mol. The normalized spacial score (nSPS) is 33.1. The van der Waals surface area contributed by atoms with Crippen LogP contribution in [-0.2, 0) is 9.31 Å². The zero-order valence-corrected chi connectivity index (χ0v) is 9.07. The molecule has 5 heteroatoms. The number of hydrogen-bond acceptors (Lipinski definition) is 4. The Balaban J connectivity index is 2.98. The molecule has 1 rings (SSSR count). The van der Waals surface area contributed by atoms with Crippen molar-refractivity contribution in [3.05, 3.63) is 12.2 Å². The summed E-state index contributed by atoms with van der Waals surface area (Å²) in [6.45, 7) is 10.6. The molecule has 1 aliphatic heterocycles.